The summed E-state index contributed by atoms with van der Waals surface area (Å²) in [5.74, 6) is 0.292. The van der Waals surface area contributed by atoms with Gasteiger partial charge in [0.2, 0.25) is 15.9 Å². The minimum absolute atomic E-state index is 0.000478. The van der Waals surface area contributed by atoms with Gasteiger partial charge >= 0.3 is 0 Å². The molecule has 1 aliphatic carbocycles. The normalized spacial score (nSPS) is 17.8. The predicted molar refractivity (Wildman–Crippen MR) is 133 cm³/mol. The van der Waals surface area contributed by atoms with Crippen LogP contribution in [0.25, 0.3) is 11.0 Å². The van der Waals surface area contributed by atoms with Crippen LogP contribution in [0.15, 0.2) is 39.9 Å². The third-order valence-corrected chi connectivity index (χ3v) is 9.31. The Kier molecular flexibility index (Phi) is 8.14. The zero-order valence-corrected chi connectivity index (χ0v) is 21.0. The molecule has 1 aromatic heterocycles. The number of hydrogen-bond donors (Lipinski definition) is 1. The number of nitrogens with zero attached hydrogens (tertiary/aromatic N) is 3. The number of sulfonamides is 1. The van der Waals surface area contributed by atoms with Gasteiger partial charge in [0.1, 0.15) is 0 Å². The summed E-state index contributed by atoms with van der Waals surface area (Å²) in [7, 11) is -3.50. The molecule has 1 saturated heterocycles. The third kappa shape index (κ3) is 5.81. The molecule has 1 N–H and O–H groups in total. The molecule has 0 unspecified atom stereocenters. The van der Waals surface area contributed by atoms with E-state index in [0.717, 1.165) is 49.2 Å². The Balaban J connectivity index is 1.41. The van der Waals surface area contributed by atoms with Gasteiger partial charge in [-0.25, -0.2) is 13.4 Å². The summed E-state index contributed by atoms with van der Waals surface area (Å²) in [5, 5.41) is 3.76. The van der Waals surface area contributed by atoms with Crippen molar-refractivity contribution in [2.24, 2.45) is 0 Å². The van der Waals surface area contributed by atoms with Crippen molar-refractivity contribution in [3.8, 4) is 0 Å². The molecule has 1 fully saturated rings. The first-order valence-corrected chi connectivity index (χ1v) is 14.5. The number of thioether (sulfide) groups is 1. The van der Waals surface area contributed by atoms with Gasteiger partial charge in [-0.1, -0.05) is 29.8 Å². The lowest BCUT2D eigenvalue weighted by molar-refractivity contribution is -0.118. The van der Waals surface area contributed by atoms with Crippen molar-refractivity contribution in [3.63, 3.8) is 0 Å². The standard InChI is InChI=1S/C24H34N4O3S2/c1-2-28-22-12-11-20(33(30,31)27-15-7-4-8-16-27)17-21(22)26-24(28)32-18-23(29)25-14-13-19-9-5-3-6-10-19/h9,11-12,17H,2-8,10,13-16,18H2,1H3,(H,25,29). The number of piperidine rings is 1. The second-order valence-corrected chi connectivity index (χ2v) is 11.6. The summed E-state index contributed by atoms with van der Waals surface area (Å²) in [4.78, 5) is 17.3. The van der Waals surface area contributed by atoms with E-state index >= 15 is 0 Å². The van der Waals surface area contributed by atoms with Crippen LogP contribution in [0, 0.1) is 0 Å². The van der Waals surface area contributed by atoms with Crippen molar-refractivity contribution in [1.82, 2.24) is 19.2 Å². The molecule has 9 heteroatoms. The lowest BCUT2D eigenvalue weighted by atomic mass is 9.97. The first-order chi connectivity index (χ1) is 16.0. The Morgan fingerprint density at radius 1 is 1.15 bits per heavy atom. The molecule has 2 aromatic rings. The van der Waals surface area contributed by atoms with E-state index in [9.17, 15) is 13.2 Å². The minimum atomic E-state index is -3.50. The summed E-state index contributed by atoms with van der Waals surface area (Å²) in [6.45, 7) is 4.57. The maximum atomic E-state index is 13.1. The average molecular weight is 491 g/mol. The van der Waals surface area contributed by atoms with E-state index in [1.165, 1.54) is 30.2 Å². The predicted octanol–water partition coefficient (Wildman–Crippen LogP) is 4.33. The highest BCUT2D eigenvalue weighted by atomic mass is 32.2. The van der Waals surface area contributed by atoms with Crippen molar-refractivity contribution in [1.29, 1.82) is 0 Å². The molecule has 2 aliphatic rings. The zero-order valence-electron chi connectivity index (χ0n) is 19.4. The van der Waals surface area contributed by atoms with E-state index in [2.05, 4.69) is 16.4 Å². The first kappa shape index (κ1) is 24.3. The van der Waals surface area contributed by atoms with Gasteiger partial charge in [0.25, 0.3) is 0 Å². The largest absolute Gasteiger partial charge is 0.355 e. The molecule has 2 heterocycles. The molecular formula is C24H34N4O3S2. The number of imidazole rings is 1. The van der Waals surface area contributed by atoms with Crippen LogP contribution in [0.2, 0.25) is 0 Å². The van der Waals surface area contributed by atoms with Crippen LogP contribution in [-0.2, 0) is 21.4 Å². The van der Waals surface area contributed by atoms with E-state index in [-0.39, 0.29) is 5.91 Å². The molecule has 0 radical (unpaired) electrons. The van der Waals surface area contributed by atoms with Crippen LogP contribution in [0.3, 0.4) is 0 Å². The van der Waals surface area contributed by atoms with Gasteiger partial charge in [0.05, 0.1) is 21.7 Å². The van der Waals surface area contributed by atoms with E-state index in [1.807, 2.05) is 17.6 Å². The second kappa shape index (κ2) is 11.1. The van der Waals surface area contributed by atoms with Gasteiger partial charge in [-0.2, -0.15) is 4.31 Å². The third-order valence-electron chi connectivity index (χ3n) is 6.44. The molecule has 0 atom stereocenters. The van der Waals surface area contributed by atoms with Gasteiger partial charge < -0.3 is 9.88 Å². The number of fused-ring (bicyclic) bond motifs is 1. The monoisotopic (exact) mass is 490 g/mol. The number of amides is 1. The van der Waals surface area contributed by atoms with Crippen LogP contribution in [-0.4, -0.2) is 53.6 Å². The second-order valence-electron chi connectivity index (χ2n) is 8.75. The number of carbonyl (C=O) groups excluding carboxylic acids is 1. The molecule has 4 rings (SSSR count). The molecule has 1 aromatic carbocycles. The summed E-state index contributed by atoms with van der Waals surface area (Å²) in [5.41, 5.74) is 3.00. The highest BCUT2D eigenvalue weighted by Gasteiger charge is 2.26. The summed E-state index contributed by atoms with van der Waals surface area (Å²) < 4.78 is 29.7. The molecule has 180 valence electrons. The Labute approximate surface area is 201 Å². The summed E-state index contributed by atoms with van der Waals surface area (Å²) in [6.07, 6.45) is 11.0. The Morgan fingerprint density at radius 3 is 2.70 bits per heavy atom. The SMILES string of the molecule is CCn1c(SCC(=O)NCCC2=CCCCC2)nc2cc(S(=O)(=O)N3CCCCC3)ccc21. The summed E-state index contributed by atoms with van der Waals surface area (Å²) >= 11 is 1.40. The lowest BCUT2D eigenvalue weighted by Crippen LogP contribution is -2.35. The Hall–Kier alpha value is -1.84. The molecule has 0 saturated carbocycles. The van der Waals surface area contributed by atoms with Crippen LogP contribution in [0.4, 0.5) is 0 Å². The number of benzene rings is 1. The topological polar surface area (TPSA) is 84.3 Å². The Bertz CT molecular complexity index is 1120. The lowest BCUT2D eigenvalue weighted by Gasteiger charge is -2.25. The number of carbonyl (C=O) groups is 1. The minimum Gasteiger partial charge on any atom is -0.355 e. The van der Waals surface area contributed by atoms with E-state index in [1.54, 1.807) is 16.4 Å². The van der Waals surface area contributed by atoms with Crippen molar-refractivity contribution < 1.29 is 13.2 Å². The molecular weight excluding hydrogens is 456 g/mol. The number of aromatic nitrogens is 2. The van der Waals surface area contributed by atoms with Crippen LogP contribution in [0.1, 0.15) is 58.3 Å². The first-order valence-electron chi connectivity index (χ1n) is 12.1. The molecule has 0 bridgehead atoms. The number of allylic oxidation sites excluding steroid dienone is 1. The van der Waals surface area contributed by atoms with Crippen molar-refractivity contribution in [2.45, 2.75) is 74.9 Å². The van der Waals surface area contributed by atoms with Crippen molar-refractivity contribution in [3.05, 3.63) is 29.8 Å². The van der Waals surface area contributed by atoms with Crippen LogP contribution >= 0.6 is 11.8 Å². The van der Waals surface area contributed by atoms with Gasteiger partial charge in [0, 0.05) is 26.2 Å². The van der Waals surface area contributed by atoms with Crippen LogP contribution in [0.5, 0.6) is 0 Å². The highest BCUT2D eigenvalue weighted by Crippen LogP contribution is 2.28. The summed E-state index contributed by atoms with van der Waals surface area (Å²) in [6, 6.07) is 5.19. The van der Waals surface area contributed by atoms with Gasteiger partial charge in [-0.05, 0) is 70.1 Å². The smallest absolute Gasteiger partial charge is 0.243 e. The highest BCUT2D eigenvalue weighted by molar-refractivity contribution is 7.99. The van der Waals surface area contributed by atoms with Crippen molar-refractivity contribution in [2.75, 3.05) is 25.4 Å². The maximum absolute atomic E-state index is 13.1. The molecule has 1 amide bonds. The fraction of sp³-hybridized carbons (Fsp3) is 0.583. The maximum Gasteiger partial charge on any atom is 0.243 e. The van der Waals surface area contributed by atoms with Crippen molar-refractivity contribution >= 4 is 38.7 Å². The molecule has 0 spiro atoms. The molecule has 33 heavy (non-hydrogen) atoms. The van der Waals surface area contributed by atoms with Gasteiger partial charge in [-0.3, -0.25) is 4.79 Å². The quantitative estimate of drug-likeness (QED) is 0.418. The molecule has 1 aliphatic heterocycles. The Morgan fingerprint density at radius 2 is 1.97 bits per heavy atom. The zero-order chi connectivity index (χ0) is 23.3. The van der Waals surface area contributed by atoms with Crippen LogP contribution < -0.4 is 5.32 Å². The number of nitrogens with one attached hydrogen (secondary N) is 1. The van der Waals surface area contributed by atoms with Gasteiger partial charge in [-0.15, -0.1) is 0 Å². The number of aryl methyl sites for hydroxylation is 1. The average Bonchev–Trinajstić information content (AvgIpc) is 3.20. The van der Waals surface area contributed by atoms with E-state index < -0.39 is 10.0 Å². The fourth-order valence-corrected chi connectivity index (χ4v) is 7.04. The fourth-order valence-electron chi connectivity index (χ4n) is 4.59. The van der Waals surface area contributed by atoms with Gasteiger partial charge in [0.15, 0.2) is 5.16 Å². The number of hydrogen-bond acceptors (Lipinski definition) is 5. The van der Waals surface area contributed by atoms with E-state index in [4.69, 9.17) is 0 Å². The number of rotatable bonds is 9. The van der Waals surface area contributed by atoms with E-state index in [0.29, 0.717) is 42.3 Å². The molecule has 7 nitrogen and oxygen atoms in total.